The van der Waals surface area contributed by atoms with Gasteiger partial charge in [0.1, 0.15) is 0 Å². The first-order valence-corrected chi connectivity index (χ1v) is 5.96. The summed E-state index contributed by atoms with van der Waals surface area (Å²) < 4.78 is 0. The van der Waals surface area contributed by atoms with E-state index < -0.39 is 0 Å². The molecule has 2 rings (SSSR count). The van der Waals surface area contributed by atoms with E-state index in [0.717, 1.165) is 5.92 Å². The fraction of sp³-hybridized carbons (Fsp3) is 0.615. The van der Waals surface area contributed by atoms with Gasteiger partial charge in [0, 0.05) is 18.4 Å². The second-order valence-electron chi connectivity index (χ2n) is 4.50. The largest absolute Gasteiger partial charge is 0.317 e. The number of hydrogen-bond donors (Lipinski definition) is 1. The quantitative estimate of drug-likeness (QED) is 0.818. The van der Waals surface area contributed by atoms with E-state index in [0.29, 0.717) is 6.04 Å². The van der Waals surface area contributed by atoms with Gasteiger partial charge in [0.05, 0.1) is 0 Å². The summed E-state index contributed by atoms with van der Waals surface area (Å²) in [5.74, 6) is 0.811. The first kappa shape index (κ1) is 10.6. The Morgan fingerprint density at radius 3 is 2.73 bits per heavy atom. The monoisotopic (exact) mass is 204 g/mol. The third kappa shape index (κ3) is 2.78. The van der Waals surface area contributed by atoms with Crippen molar-refractivity contribution in [3.8, 4) is 0 Å². The zero-order valence-corrected chi connectivity index (χ0v) is 9.45. The summed E-state index contributed by atoms with van der Waals surface area (Å²) in [4.78, 5) is 4.06. The first-order chi connectivity index (χ1) is 7.40. The van der Waals surface area contributed by atoms with Crippen molar-refractivity contribution in [1.82, 2.24) is 10.3 Å². The Morgan fingerprint density at radius 1 is 1.27 bits per heavy atom. The molecule has 1 aliphatic rings. The van der Waals surface area contributed by atoms with Gasteiger partial charge in [-0.3, -0.25) is 4.98 Å². The molecule has 2 atom stereocenters. The van der Waals surface area contributed by atoms with Crippen LogP contribution in [0.5, 0.6) is 0 Å². The maximum absolute atomic E-state index is 4.06. The molecule has 1 aromatic heterocycles. The molecule has 2 nitrogen and oxygen atoms in total. The number of hydrogen-bond acceptors (Lipinski definition) is 2. The topological polar surface area (TPSA) is 24.9 Å². The number of rotatable bonds is 3. The van der Waals surface area contributed by atoms with E-state index in [1.54, 1.807) is 0 Å². The molecule has 0 spiro atoms. The molecule has 2 unspecified atom stereocenters. The van der Waals surface area contributed by atoms with Crippen molar-refractivity contribution in [2.24, 2.45) is 5.92 Å². The number of aromatic nitrogens is 1. The molecule has 1 N–H and O–H groups in total. The first-order valence-electron chi connectivity index (χ1n) is 5.96. The minimum Gasteiger partial charge on any atom is -0.317 e. The van der Waals surface area contributed by atoms with E-state index in [-0.39, 0.29) is 0 Å². The average molecular weight is 204 g/mol. The smallest absolute Gasteiger partial charge is 0.0270 e. The van der Waals surface area contributed by atoms with Crippen molar-refractivity contribution < 1.29 is 0 Å². The summed E-state index contributed by atoms with van der Waals surface area (Å²) in [6.07, 6.45) is 10.5. The summed E-state index contributed by atoms with van der Waals surface area (Å²) >= 11 is 0. The molecule has 1 saturated carbocycles. The van der Waals surface area contributed by atoms with E-state index in [1.165, 1.54) is 37.7 Å². The second kappa shape index (κ2) is 5.26. The van der Waals surface area contributed by atoms with E-state index in [2.05, 4.69) is 29.5 Å². The molecule has 1 fully saturated rings. The molecule has 2 heteroatoms. The molecule has 1 heterocycles. The molecule has 1 aliphatic carbocycles. The van der Waals surface area contributed by atoms with E-state index in [9.17, 15) is 0 Å². The summed E-state index contributed by atoms with van der Waals surface area (Å²) in [7, 11) is 2.09. The lowest BCUT2D eigenvalue weighted by Gasteiger charge is -2.31. The number of nitrogens with one attached hydrogen (secondary N) is 1. The zero-order chi connectivity index (χ0) is 10.5. The van der Waals surface area contributed by atoms with Crippen LogP contribution in [0.4, 0.5) is 0 Å². The van der Waals surface area contributed by atoms with Crippen LogP contribution in [0, 0.1) is 5.92 Å². The number of nitrogens with zero attached hydrogens (tertiary/aromatic N) is 1. The Morgan fingerprint density at radius 2 is 2.00 bits per heavy atom. The van der Waals surface area contributed by atoms with E-state index >= 15 is 0 Å². The van der Waals surface area contributed by atoms with Gasteiger partial charge in [-0.25, -0.2) is 0 Å². The Balaban J connectivity index is 1.97. The summed E-state index contributed by atoms with van der Waals surface area (Å²) in [5.41, 5.74) is 1.43. The van der Waals surface area contributed by atoms with Gasteiger partial charge >= 0.3 is 0 Å². The van der Waals surface area contributed by atoms with Gasteiger partial charge in [-0.1, -0.05) is 12.8 Å². The molecule has 82 valence electrons. The summed E-state index contributed by atoms with van der Waals surface area (Å²) in [5, 5.41) is 3.46. The molecule has 15 heavy (non-hydrogen) atoms. The van der Waals surface area contributed by atoms with Gasteiger partial charge in [0.2, 0.25) is 0 Å². The van der Waals surface area contributed by atoms with Crippen LogP contribution in [0.15, 0.2) is 24.5 Å². The maximum Gasteiger partial charge on any atom is 0.0270 e. The molecule has 0 aromatic carbocycles. The van der Waals surface area contributed by atoms with Crippen molar-refractivity contribution in [2.45, 2.75) is 38.1 Å². The Bertz CT molecular complexity index is 284. The van der Waals surface area contributed by atoms with Gasteiger partial charge < -0.3 is 5.32 Å². The highest BCUT2D eigenvalue weighted by atomic mass is 14.9. The van der Waals surface area contributed by atoms with Gasteiger partial charge in [0.25, 0.3) is 0 Å². The number of pyridine rings is 1. The minimum absolute atomic E-state index is 0.715. The minimum atomic E-state index is 0.715. The molecule has 0 amide bonds. The van der Waals surface area contributed by atoms with Crippen LogP contribution in [0.3, 0.4) is 0 Å². The highest BCUT2D eigenvalue weighted by Crippen LogP contribution is 2.27. The summed E-state index contributed by atoms with van der Waals surface area (Å²) in [6, 6.07) is 5.00. The Hall–Kier alpha value is -0.890. The summed E-state index contributed by atoms with van der Waals surface area (Å²) in [6.45, 7) is 0. The third-order valence-corrected chi connectivity index (χ3v) is 3.53. The van der Waals surface area contributed by atoms with Crippen molar-refractivity contribution in [1.29, 1.82) is 0 Å². The van der Waals surface area contributed by atoms with Crippen LogP contribution in [0.1, 0.15) is 31.2 Å². The zero-order valence-electron chi connectivity index (χ0n) is 9.45. The molecule has 0 saturated heterocycles. The molecule has 0 aliphatic heterocycles. The fourth-order valence-electron chi connectivity index (χ4n) is 2.65. The van der Waals surface area contributed by atoms with Crippen LogP contribution in [-0.2, 0) is 6.42 Å². The predicted molar refractivity (Wildman–Crippen MR) is 62.7 cm³/mol. The molecule has 0 radical (unpaired) electrons. The van der Waals surface area contributed by atoms with Crippen LogP contribution in [0.2, 0.25) is 0 Å². The van der Waals surface area contributed by atoms with Crippen molar-refractivity contribution in [3.63, 3.8) is 0 Å². The Kier molecular flexibility index (Phi) is 3.73. The second-order valence-corrected chi connectivity index (χ2v) is 4.50. The fourth-order valence-corrected chi connectivity index (χ4v) is 2.65. The molecule has 1 aromatic rings. The van der Waals surface area contributed by atoms with Crippen molar-refractivity contribution in [3.05, 3.63) is 30.1 Å². The Labute approximate surface area is 92.1 Å². The van der Waals surface area contributed by atoms with Crippen LogP contribution < -0.4 is 5.32 Å². The van der Waals surface area contributed by atoms with E-state index in [1.807, 2.05) is 12.4 Å². The van der Waals surface area contributed by atoms with Gasteiger partial charge in [-0.15, -0.1) is 0 Å². The molecular weight excluding hydrogens is 184 g/mol. The van der Waals surface area contributed by atoms with Crippen LogP contribution >= 0.6 is 0 Å². The predicted octanol–water partition coefficient (Wildman–Crippen LogP) is 2.40. The SMILES string of the molecule is CNC1CCCCC1Cc1ccncc1. The highest BCUT2D eigenvalue weighted by Gasteiger charge is 2.23. The normalized spacial score (nSPS) is 26.5. The van der Waals surface area contributed by atoms with Crippen LogP contribution in [0.25, 0.3) is 0 Å². The molecule has 0 bridgehead atoms. The van der Waals surface area contributed by atoms with Crippen LogP contribution in [-0.4, -0.2) is 18.1 Å². The highest BCUT2D eigenvalue weighted by molar-refractivity contribution is 5.11. The third-order valence-electron chi connectivity index (χ3n) is 3.53. The van der Waals surface area contributed by atoms with E-state index in [4.69, 9.17) is 0 Å². The lowest BCUT2D eigenvalue weighted by atomic mass is 9.81. The van der Waals surface area contributed by atoms with Crippen molar-refractivity contribution in [2.75, 3.05) is 7.05 Å². The van der Waals surface area contributed by atoms with Gasteiger partial charge in [-0.05, 0) is 49.9 Å². The average Bonchev–Trinajstić information content (AvgIpc) is 2.31. The lowest BCUT2D eigenvalue weighted by molar-refractivity contribution is 0.272. The molecular formula is C13H20N2. The van der Waals surface area contributed by atoms with Gasteiger partial charge in [-0.2, -0.15) is 0 Å². The lowest BCUT2D eigenvalue weighted by Crippen LogP contribution is -2.37. The van der Waals surface area contributed by atoms with Crippen molar-refractivity contribution >= 4 is 0 Å². The maximum atomic E-state index is 4.06. The standard InChI is InChI=1S/C13H20N2/c1-14-13-5-3-2-4-12(13)10-11-6-8-15-9-7-11/h6-9,12-14H,2-5,10H2,1H3. The van der Waals surface area contributed by atoms with Gasteiger partial charge in [0.15, 0.2) is 0 Å².